The van der Waals surface area contributed by atoms with Gasteiger partial charge in [-0.15, -0.1) is 0 Å². The number of aromatic amines is 1. The van der Waals surface area contributed by atoms with Crippen molar-refractivity contribution in [3.63, 3.8) is 0 Å². The van der Waals surface area contributed by atoms with E-state index in [2.05, 4.69) is 9.88 Å². The average Bonchev–Trinajstić information content (AvgIpc) is 2.19. The zero-order valence-corrected chi connectivity index (χ0v) is 8.85. The highest BCUT2D eigenvalue weighted by Crippen LogP contribution is 2.11. The highest BCUT2D eigenvalue weighted by atomic mass is 32.2. The van der Waals surface area contributed by atoms with Gasteiger partial charge in [0.05, 0.1) is 0 Å². The molecular formula is C10H14N2OS. The largest absolute Gasteiger partial charge is 0.329 e. The van der Waals surface area contributed by atoms with Crippen molar-refractivity contribution in [2.45, 2.75) is 6.54 Å². The molecule has 1 aliphatic rings. The Balaban J connectivity index is 1.99. The van der Waals surface area contributed by atoms with Crippen molar-refractivity contribution in [1.82, 2.24) is 9.88 Å². The molecule has 4 heteroatoms. The van der Waals surface area contributed by atoms with Gasteiger partial charge in [-0.1, -0.05) is 0 Å². The van der Waals surface area contributed by atoms with Gasteiger partial charge in [-0.25, -0.2) is 0 Å². The molecule has 1 aromatic rings. The van der Waals surface area contributed by atoms with Crippen molar-refractivity contribution in [1.29, 1.82) is 0 Å². The van der Waals surface area contributed by atoms with E-state index in [9.17, 15) is 4.79 Å². The minimum Gasteiger partial charge on any atom is -0.329 e. The molecule has 3 nitrogen and oxygen atoms in total. The van der Waals surface area contributed by atoms with Crippen molar-refractivity contribution in [3.05, 3.63) is 34.2 Å². The number of H-pyrrole nitrogens is 1. The first-order chi connectivity index (χ1) is 6.84. The second-order valence-electron chi connectivity index (χ2n) is 3.45. The molecule has 0 aliphatic carbocycles. The van der Waals surface area contributed by atoms with Gasteiger partial charge >= 0.3 is 0 Å². The Morgan fingerprint density at radius 1 is 1.43 bits per heavy atom. The summed E-state index contributed by atoms with van der Waals surface area (Å²) in [6.07, 6.45) is 1.72. The van der Waals surface area contributed by atoms with Crippen molar-refractivity contribution >= 4 is 11.8 Å². The number of thioether (sulfide) groups is 1. The van der Waals surface area contributed by atoms with Crippen molar-refractivity contribution in [2.75, 3.05) is 24.6 Å². The van der Waals surface area contributed by atoms with Crippen LogP contribution in [0.5, 0.6) is 0 Å². The van der Waals surface area contributed by atoms with Crippen LogP contribution in [-0.4, -0.2) is 34.5 Å². The smallest absolute Gasteiger partial charge is 0.248 e. The Bertz CT molecular complexity index is 344. The minimum absolute atomic E-state index is 0.00566. The zero-order chi connectivity index (χ0) is 9.80. The lowest BCUT2D eigenvalue weighted by atomic mass is 10.2. The van der Waals surface area contributed by atoms with E-state index < -0.39 is 0 Å². The van der Waals surface area contributed by atoms with Crippen LogP contribution >= 0.6 is 11.8 Å². The highest BCUT2D eigenvalue weighted by Gasteiger charge is 2.10. The van der Waals surface area contributed by atoms with Gasteiger partial charge in [0.15, 0.2) is 0 Å². The molecule has 1 aromatic heterocycles. The van der Waals surface area contributed by atoms with Crippen molar-refractivity contribution < 1.29 is 0 Å². The highest BCUT2D eigenvalue weighted by molar-refractivity contribution is 7.99. The van der Waals surface area contributed by atoms with E-state index >= 15 is 0 Å². The molecule has 76 valence electrons. The number of nitrogens with one attached hydrogen (secondary N) is 1. The number of nitrogens with zero attached hydrogens (tertiary/aromatic N) is 1. The maximum absolute atomic E-state index is 11.1. The summed E-state index contributed by atoms with van der Waals surface area (Å²) in [5, 5.41) is 0. The fraction of sp³-hybridized carbons (Fsp3) is 0.500. The second-order valence-corrected chi connectivity index (χ2v) is 4.67. The topological polar surface area (TPSA) is 36.1 Å². The predicted octanol–water partition coefficient (Wildman–Crippen LogP) is 0.924. The Hall–Kier alpha value is -0.740. The summed E-state index contributed by atoms with van der Waals surface area (Å²) in [6.45, 7) is 3.18. The molecule has 0 unspecified atom stereocenters. The molecular weight excluding hydrogens is 196 g/mol. The summed E-state index contributed by atoms with van der Waals surface area (Å²) in [5.74, 6) is 2.42. The maximum atomic E-state index is 11.1. The molecule has 2 rings (SSSR count). The molecule has 1 saturated heterocycles. The van der Waals surface area contributed by atoms with Gasteiger partial charge in [-0.05, 0) is 11.6 Å². The lowest BCUT2D eigenvalue weighted by Crippen LogP contribution is -2.32. The molecule has 1 fully saturated rings. The lowest BCUT2D eigenvalue weighted by molar-refractivity contribution is 0.294. The van der Waals surface area contributed by atoms with Crippen LogP contribution in [0.1, 0.15) is 5.56 Å². The molecule has 1 N–H and O–H groups in total. The Kier molecular flexibility index (Phi) is 3.26. The van der Waals surface area contributed by atoms with Crippen LogP contribution in [0, 0.1) is 0 Å². The third-order valence-corrected chi connectivity index (χ3v) is 3.29. The quantitative estimate of drug-likeness (QED) is 0.788. The van der Waals surface area contributed by atoms with Gasteiger partial charge < -0.3 is 4.98 Å². The molecule has 0 aromatic carbocycles. The maximum Gasteiger partial charge on any atom is 0.248 e. The van der Waals surface area contributed by atoms with Crippen LogP contribution in [-0.2, 0) is 6.54 Å². The number of hydrogen-bond acceptors (Lipinski definition) is 3. The number of rotatable bonds is 2. The van der Waals surface area contributed by atoms with Crippen LogP contribution in [0.25, 0.3) is 0 Å². The van der Waals surface area contributed by atoms with Crippen LogP contribution < -0.4 is 5.56 Å². The van der Waals surface area contributed by atoms with Gasteiger partial charge in [0.25, 0.3) is 0 Å². The summed E-state index contributed by atoms with van der Waals surface area (Å²) >= 11 is 2.00. The number of aromatic nitrogens is 1. The third-order valence-electron chi connectivity index (χ3n) is 2.35. The number of hydrogen-bond donors (Lipinski definition) is 1. The minimum atomic E-state index is -0.00566. The second kappa shape index (κ2) is 4.66. The SMILES string of the molecule is O=c1cc(CN2CCSCC2)cc[nH]1. The summed E-state index contributed by atoms with van der Waals surface area (Å²) in [6, 6.07) is 3.66. The monoisotopic (exact) mass is 210 g/mol. The fourth-order valence-electron chi connectivity index (χ4n) is 1.60. The fourth-order valence-corrected chi connectivity index (χ4v) is 2.58. The normalized spacial score (nSPS) is 18.3. The first kappa shape index (κ1) is 9.80. The van der Waals surface area contributed by atoms with E-state index in [1.807, 2.05) is 17.8 Å². The molecule has 0 bridgehead atoms. The van der Waals surface area contributed by atoms with Crippen LogP contribution in [0.15, 0.2) is 23.1 Å². The zero-order valence-electron chi connectivity index (χ0n) is 8.03. The Morgan fingerprint density at radius 2 is 2.21 bits per heavy atom. The number of pyridine rings is 1. The summed E-state index contributed by atoms with van der Waals surface area (Å²) in [4.78, 5) is 16.1. The third kappa shape index (κ3) is 2.62. The molecule has 2 heterocycles. The Labute approximate surface area is 87.5 Å². The molecule has 1 aliphatic heterocycles. The summed E-state index contributed by atoms with van der Waals surface area (Å²) in [5.41, 5.74) is 1.11. The molecule has 0 amide bonds. The van der Waals surface area contributed by atoms with E-state index in [1.165, 1.54) is 11.5 Å². The van der Waals surface area contributed by atoms with E-state index in [0.717, 1.165) is 25.2 Å². The molecule has 14 heavy (non-hydrogen) atoms. The van der Waals surface area contributed by atoms with Gasteiger partial charge in [0.1, 0.15) is 0 Å². The van der Waals surface area contributed by atoms with Crippen molar-refractivity contribution in [3.8, 4) is 0 Å². The van der Waals surface area contributed by atoms with Gasteiger partial charge in [-0.2, -0.15) is 11.8 Å². The van der Waals surface area contributed by atoms with Gasteiger partial charge in [-0.3, -0.25) is 9.69 Å². The first-order valence-electron chi connectivity index (χ1n) is 4.82. The lowest BCUT2D eigenvalue weighted by Gasteiger charge is -2.25. The Morgan fingerprint density at radius 3 is 2.93 bits per heavy atom. The summed E-state index contributed by atoms with van der Waals surface area (Å²) in [7, 11) is 0. The molecule has 0 atom stereocenters. The van der Waals surface area contributed by atoms with E-state index in [-0.39, 0.29) is 5.56 Å². The van der Waals surface area contributed by atoms with E-state index in [4.69, 9.17) is 0 Å². The van der Waals surface area contributed by atoms with Crippen molar-refractivity contribution in [2.24, 2.45) is 0 Å². The first-order valence-corrected chi connectivity index (χ1v) is 5.98. The summed E-state index contributed by atoms with van der Waals surface area (Å²) < 4.78 is 0. The molecule has 0 radical (unpaired) electrons. The molecule has 0 saturated carbocycles. The van der Waals surface area contributed by atoms with Gasteiger partial charge in [0.2, 0.25) is 5.56 Å². The molecule has 0 spiro atoms. The van der Waals surface area contributed by atoms with Crippen LogP contribution in [0.2, 0.25) is 0 Å². The van der Waals surface area contributed by atoms with E-state index in [0.29, 0.717) is 0 Å². The van der Waals surface area contributed by atoms with Gasteiger partial charge in [0, 0.05) is 43.4 Å². The predicted molar refractivity (Wildman–Crippen MR) is 59.7 cm³/mol. The average molecular weight is 210 g/mol. The van der Waals surface area contributed by atoms with E-state index in [1.54, 1.807) is 12.3 Å². The standard InChI is InChI=1S/C10H14N2OS/c13-10-7-9(1-2-11-10)8-12-3-5-14-6-4-12/h1-2,7H,3-6,8H2,(H,11,13). The van der Waals surface area contributed by atoms with Crippen LogP contribution in [0.3, 0.4) is 0 Å². The van der Waals surface area contributed by atoms with Crippen LogP contribution in [0.4, 0.5) is 0 Å².